The standard InChI is InChI=1S/C6H4BrClF2N2O2S/c7-3-2(15(8,13)14)1-12-5(4(3)11)6(9)10/h1,6H,11H2. The third kappa shape index (κ3) is 2.56. The Morgan fingerprint density at radius 3 is 2.47 bits per heavy atom. The highest BCUT2D eigenvalue weighted by Gasteiger charge is 2.22. The zero-order valence-electron chi connectivity index (χ0n) is 6.92. The van der Waals surface area contributed by atoms with Gasteiger partial charge < -0.3 is 5.73 Å². The van der Waals surface area contributed by atoms with Gasteiger partial charge in [0.25, 0.3) is 15.5 Å². The van der Waals surface area contributed by atoms with Crippen LogP contribution in [0.4, 0.5) is 14.5 Å². The number of halogens is 4. The molecule has 15 heavy (non-hydrogen) atoms. The van der Waals surface area contributed by atoms with E-state index in [2.05, 4.69) is 20.9 Å². The van der Waals surface area contributed by atoms with Gasteiger partial charge in [-0.3, -0.25) is 4.98 Å². The number of nitrogen functional groups attached to an aromatic ring is 1. The highest BCUT2D eigenvalue weighted by Crippen LogP contribution is 2.34. The van der Waals surface area contributed by atoms with Crippen LogP contribution in [0.3, 0.4) is 0 Å². The molecule has 1 rings (SSSR count). The van der Waals surface area contributed by atoms with Crippen molar-refractivity contribution in [1.29, 1.82) is 0 Å². The number of nitrogens with two attached hydrogens (primary N) is 1. The second-order valence-corrected chi connectivity index (χ2v) is 5.80. The van der Waals surface area contributed by atoms with E-state index in [1.54, 1.807) is 0 Å². The number of alkyl halides is 2. The topological polar surface area (TPSA) is 73.0 Å². The lowest BCUT2D eigenvalue weighted by atomic mass is 10.3. The Morgan fingerprint density at radius 1 is 1.53 bits per heavy atom. The minimum absolute atomic E-state index is 0.206. The number of anilines is 1. The molecule has 1 heterocycles. The Kier molecular flexibility index (Phi) is 3.51. The summed E-state index contributed by atoms with van der Waals surface area (Å²) >= 11 is 2.77. The molecule has 0 aliphatic rings. The van der Waals surface area contributed by atoms with Gasteiger partial charge in [-0.25, -0.2) is 17.2 Å². The average Bonchev–Trinajstić information content (AvgIpc) is 2.06. The molecule has 0 aliphatic carbocycles. The van der Waals surface area contributed by atoms with E-state index in [1.165, 1.54) is 0 Å². The molecule has 0 spiro atoms. The summed E-state index contributed by atoms with van der Waals surface area (Å²) in [5, 5.41) is 0. The molecular weight excluding hydrogens is 317 g/mol. The molecule has 0 amide bonds. The smallest absolute Gasteiger partial charge is 0.282 e. The molecule has 0 radical (unpaired) electrons. The van der Waals surface area contributed by atoms with Gasteiger partial charge in [0.15, 0.2) is 0 Å². The molecule has 0 unspecified atom stereocenters. The average molecular weight is 322 g/mol. The largest absolute Gasteiger partial charge is 0.396 e. The Labute approximate surface area is 97.0 Å². The fourth-order valence-corrected chi connectivity index (χ4v) is 2.92. The highest BCUT2D eigenvalue weighted by atomic mass is 79.9. The number of pyridine rings is 1. The van der Waals surface area contributed by atoms with E-state index in [-0.39, 0.29) is 4.47 Å². The molecular formula is C6H4BrClF2N2O2S. The summed E-state index contributed by atoms with van der Waals surface area (Å²) in [6.45, 7) is 0. The first kappa shape index (κ1) is 12.6. The van der Waals surface area contributed by atoms with E-state index < -0.39 is 31.8 Å². The summed E-state index contributed by atoms with van der Waals surface area (Å²) in [7, 11) is 0.966. The van der Waals surface area contributed by atoms with Gasteiger partial charge >= 0.3 is 0 Å². The molecule has 2 N–H and O–H groups in total. The van der Waals surface area contributed by atoms with Crippen molar-refractivity contribution in [2.45, 2.75) is 11.3 Å². The van der Waals surface area contributed by atoms with Gasteiger partial charge in [0, 0.05) is 16.9 Å². The lowest BCUT2D eigenvalue weighted by Gasteiger charge is -2.07. The molecule has 0 saturated heterocycles. The second-order valence-electron chi connectivity index (χ2n) is 2.47. The van der Waals surface area contributed by atoms with Crippen LogP contribution in [0.1, 0.15) is 12.1 Å². The Hall–Kier alpha value is -0.470. The van der Waals surface area contributed by atoms with Crippen LogP contribution in [0.5, 0.6) is 0 Å². The lowest BCUT2D eigenvalue weighted by molar-refractivity contribution is 0.147. The van der Waals surface area contributed by atoms with Crippen LogP contribution in [0.2, 0.25) is 0 Å². The molecule has 9 heteroatoms. The first-order valence-corrected chi connectivity index (χ1v) is 6.52. The van der Waals surface area contributed by atoms with Gasteiger partial charge in [0.05, 0.1) is 10.2 Å². The summed E-state index contributed by atoms with van der Waals surface area (Å²) in [6, 6.07) is 0. The quantitative estimate of drug-likeness (QED) is 0.848. The van der Waals surface area contributed by atoms with Crippen LogP contribution >= 0.6 is 26.6 Å². The predicted molar refractivity (Wildman–Crippen MR) is 54.3 cm³/mol. The van der Waals surface area contributed by atoms with E-state index >= 15 is 0 Å². The maximum absolute atomic E-state index is 12.3. The molecule has 0 saturated carbocycles. The van der Waals surface area contributed by atoms with Crippen molar-refractivity contribution in [3.05, 3.63) is 16.4 Å². The Balaban J connectivity index is 3.48. The minimum atomic E-state index is -4.06. The summed E-state index contributed by atoms with van der Waals surface area (Å²) in [6.07, 6.45) is -2.15. The summed E-state index contributed by atoms with van der Waals surface area (Å²) in [5.41, 5.74) is 4.14. The summed E-state index contributed by atoms with van der Waals surface area (Å²) in [4.78, 5) is 2.80. The molecule has 4 nitrogen and oxygen atoms in total. The van der Waals surface area contributed by atoms with Gasteiger partial charge in [-0.1, -0.05) is 0 Å². The maximum atomic E-state index is 12.3. The first-order valence-electron chi connectivity index (χ1n) is 3.42. The zero-order chi connectivity index (χ0) is 11.8. The number of hydrogen-bond acceptors (Lipinski definition) is 4. The van der Waals surface area contributed by atoms with Crippen LogP contribution in [0.25, 0.3) is 0 Å². The van der Waals surface area contributed by atoms with Crippen LogP contribution in [-0.4, -0.2) is 13.4 Å². The Morgan fingerprint density at radius 2 is 2.07 bits per heavy atom. The fourth-order valence-electron chi connectivity index (χ4n) is 0.843. The van der Waals surface area contributed by atoms with Crippen molar-refractivity contribution in [2.24, 2.45) is 0 Å². The first-order chi connectivity index (χ1) is 6.75. The number of rotatable bonds is 2. The van der Waals surface area contributed by atoms with Crippen LogP contribution in [0.15, 0.2) is 15.6 Å². The van der Waals surface area contributed by atoms with Crippen LogP contribution in [0, 0.1) is 0 Å². The fraction of sp³-hybridized carbons (Fsp3) is 0.167. The van der Waals surface area contributed by atoms with E-state index in [9.17, 15) is 17.2 Å². The molecule has 0 aliphatic heterocycles. The van der Waals surface area contributed by atoms with Crippen LogP contribution < -0.4 is 5.73 Å². The van der Waals surface area contributed by atoms with Crippen molar-refractivity contribution < 1.29 is 17.2 Å². The van der Waals surface area contributed by atoms with Crippen molar-refractivity contribution in [2.75, 3.05) is 5.73 Å². The normalized spacial score (nSPS) is 12.1. The molecule has 84 valence electrons. The molecule has 0 atom stereocenters. The van der Waals surface area contributed by atoms with Gasteiger partial charge in [-0.05, 0) is 15.9 Å². The summed E-state index contributed by atoms with van der Waals surface area (Å²) < 4.78 is 46.3. The molecule has 0 bridgehead atoms. The Bertz CT molecular complexity index is 494. The maximum Gasteiger partial charge on any atom is 0.282 e. The van der Waals surface area contributed by atoms with Crippen molar-refractivity contribution in [1.82, 2.24) is 4.98 Å². The van der Waals surface area contributed by atoms with Gasteiger partial charge in [0.1, 0.15) is 10.6 Å². The monoisotopic (exact) mass is 320 g/mol. The highest BCUT2D eigenvalue weighted by molar-refractivity contribution is 9.10. The number of hydrogen-bond donors (Lipinski definition) is 1. The SMILES string of the molecule is Nc1c(C(F)F)ncc(S(=O)(=O)Cl)c1Br. The second kappa shape index (κ2) is 4.18. The predicted octanol–water partition coefficient (Wildman–Crippen LogP) is 2.29. The van der Waals surface area contributed by atoms with Gasteiger partial charge in [0.2, 0.25) is 0 Å². The number of nitrogens with zero attached hydrogens (tertiary/aromatic N) is 1. The van der Waals surface area contributed by atoms with E-state index in [0.717, 1.165) is 6.20 Å². The summed E-state index contributed by atoms with van der Waals surface area (Å²) in [5.74, 6) is 0. The van der Waals surface area contributed by atoms with E-state index in [0.29, 0.717) is 0 Å². The van der Waals surface area contributed by atoms with Crippen molar-refractivity contribution in [3.63, 3.8) is 0 Å². The van der Waals surface area contributed by atoms with Crippen molar-refractivity contribution in [3.8, 4) is 0 Å². The molecule has 0 fully saturated rings. The third-order valence-corrected chi connectivity index (χ3v) is 3.97. The third-order valence-electron chi connectivity index (χ3n) is 1.52. The molecule has 0 aromatic carbocycles. The minimum Gasteiger partial charge on any atom is -0.396 e. The van der Waals surface area contributed by atoms with E-state index in [4.69, 9.17) is 16.4 Å². The van der Waals surface area contributed by atoms with Crippen LogP contribution in [-0.2, 0) is 9.05 Å². The van der Waals surface area contributed by atoms with E-state index in [1.807, 2.05) is 0 Å². The zero-order valence-corrected chi connectivity index (χ0v) is 10.1. The molecule has 1 aromatic rings. The number of aromatic nitrogens is 1. The van der Waals surface area contributed by atoms with Gasteiger partial charge in [-0.2, -0.15) is 0 Å². The lowest BCUT2D eigenvalue weighted by Crippen LogP contribution is -2.04. The van der Waals surface area contributed by atoms with Gasteiger partial charge in [-0.15, -0.1) is 0 Å². The molecule has 1 aromatic heterocycles. The van der Waals surface area contributed by atoms with Crippen molar-refractivity contribution >= 4 is 41.4 Å².